The molecule has 0 saturated carbocycles. The number of pyridine rings is 1. The predicted molar refractivity (Wildman–Crippen MR) is 117 cm³/mol. The van der Waals surface area contributed by atoms with Crippen LogP contribution in [0.25, 0.3) is 0 Å². The zero-order chi connectivity index (χ0) is 22.5. The minimum atomic E-state index is -0.260. The predicted octanol–water partition coefficient (Wildman–Crippen LogP) is 1.30. The highest BCUT2D eigenvalue weighted by atomic mass is 16.2. The van der Waals surface area contributed by atoms with Crippen molar-refractivity contribution in [2.45, 2.75) is 57.7 Å². The highest BCUT2D eigenvalue weighted by molar-refractivity contribution is 5.92. The summed E-state index contributed by atoms with van der Waals surface area (Å²) in [7, 11) is 0. The van der Waals surface area contributed by atoms with Crippen molar-refractivity contribution >= 4 is 11.9 Å². The lowest BCUT2D eigenvalue weighted by Crippen LogP contribution is -2.44. The molecule has 5 heterocycles. The van der Waals surface area contributed by atoms with Gasteiger partial charge in [-0.3, -0.25) is 19.1 Å². The van der Waals surface area contributed by atoms with Crippen molar-refractivity contribution in [1.29, 1.82) is 0 Å². The maximum atomic E-state index is 13.4. The molecule has 0 radical (unpaired) electrons. The van der Waals surface area contributed by atoms with Crippen molar-refractivity contribution < 1.29 is 9.59 Å². The first-order chi connectivity index (χ1) is 15.4. The fourth-order valence-electron chi connectivity index (χ4n) is 5.16. The van der Waals surface area contributed by atoms with Crippen LogP contribution < -0.4 is 10.9 Å². The number of nitrogens with one attached hydrogen (secondary N) is 1. The lowest BCUT2D eigenvalue weighted by Gasteiger charge is -2.29. The Kier molecular flexibility index (Phi) is 4.98. The second-order valence-electron chi connectivity index (χ2n) is 9.32. The van der Waals surface area contributed by atoms with Gasteiger partial charge in [-0.15, -0.1) is 0 Å². The van der Waals surface area contributed by atoms with Gasteiger partial charge in [-0.2, -0.15) is 0 Å². The number of fused-ring (bicyclic) bond motifs is 3. The average Bonchev–Trinajstić information content (AvgIpc) is 3.38. The van der Waals surface area contributed by atoms with Crippen LogP contribution >= 0.6 is 0 Å². The molecule has 9 heteroatoms. The zero-order valence-corrected chi connectivity index (χ0v) is 18.5. The maximum absolute atomic E-state index is 13.4. The number of hydrogen-bond donors (Lipinski definition) is 1. The molecule has 0 unspecified atom stereocenters. The SMILES string of the molecule is CC(C)NC(=O)N1CC[C@]2(CCn3c2nc2c(c3=O)CN(C(=O)c3ccccn3)CC2)C1. The molecule has 1 saturated heterocycles. The van der Waals surface area contributed by atoms with E-state index in [2.05, 4.69) is 10.3 Å². The lowest BCUT2D eigenvalue weighted by molar-refractivity contribution is 0.0726. The Morgan fingerprint density at radius 3 is 2.69 bits per heavy atom. The van der Waals surface area contributed by atoms with Gasteiger partial charge in [0.05, 0.1) is 17.8 Å². The Morgan fingerprint density at radius 2 is 1.94 bits per heavy atom. The second-order valence-corrected chi connectivity index (χ2v) is 9.32. The summed E-state index contributed by atoms with van der Waals surface area (Å²) >= 11 is 0. The first-order valence-corrected chi connectivity index (χ1v) is 11.3. The molecular weight excluding hydrogens is 408 g/mol. The van der Waals surface area contributed by atoms with E-state index in [9.17, 15) is 14.4 Å². The van der Waals surface area contributed by atoms with Gasteiger partial charge in [0, 0.05) is 50.3 Å². The van der Waals surface area contributed by atoms with Gasteiger partial charge in [0.1, 0.15) is 11.5 Å². The fourth-order valence-corrected chi connectivity index (χ4v) is 5.16. The van der Waals surface area contributed by atoms with E-state index in [0.717, 1.165) is 24.4 Å². The summed E-state index contributed by atoms with van der Waals surface area (Å²) in [5.74, 6) is 0.644. The third-order valence-electron chi connectivity index (χ3n) is 6.83. The third-order valence-corrected chi connectivity index (χ3v) is 6.83. The van der Waals surface area contributed by atoms with E-state index in [4.69, 9.17) is 4.98 Å². The van der Waals surface area contributed by atoms with Crippen LogP contribution in [0, 0.1) is 0 Å². The molecule has 1 spiro atoms. The quantitative estimate of drug-likeness (QED) is 0.765. The molecule has 5 rings (SSSR count). The minimum Gasteiger partial charge on any atom is -0.336 e. The Bertz CT molecular complexity index is 1130. The summed E-state index contributed by atoms with van der Waals surface area (Å²) in [6.45, 7) is 6.51. The van der Waals surface area contributed by atoms with Crippen LogP contribution in [0.5, 0.6) is 0 Å². The molecule has 3 aliphatic rings. The molecule has 168 valence electrons. The molecule has 2 aromatic heterocycles. The van der Waals surface area contributed by atoms with Gasteiger partial charge in [0.25, 0.3) is 11.5 Å². The van der Waals surface area contributed by atoms with Crippen molar-refractivity contribution in [3.05, 3.63) is 57.5 Å². The number of carbonyl (C=O) groups excluding carboxylic acids is 2. The molecule has 1 fully saturated rings. The van der Waals surface area contributed by atoms with Gasteiger partial charge in [-0.05, 0) is 38.8 Å². The fraction of sp³-hybridized carbons (Fsp3) is 0.522. The molecule has 3 amide bonds. The summed E-state index contributed by atoms with van der Waals surface area (Å²) in [5.41, 5.74) is 1.47. The highest BCUT2D eigenvalue weighted by Crippen LogP contribution is 2.41. The molecule has 0 bridgehead atoms. The number of amides is 3. The monoisotopic (exact) mass is 436 g/mol. The van der Waals surface area contributed by atoms with E-state index in [1.807, 2.05) is 18.7 Å². The number of carbonyl (C=O) groups is 2. The van der Waals surface area contributed by atoms with Crippen molar-refractivity contribution in [2.24, 2.45) is 0 Å². The van der Waals surface area contributed by atoms with Gasteiger partial charge >= 0.3 is 6.03 Å². The van der Waals surface area contributed by atoms with E-state index < -0.39 is 0 Å². The van der Waals surface area contributed by atoms with Gasteiger partial charge in [-0.1, -0.05) is 6.07 Å². The number of likely N-dealkylation sites (tertiary alicyclic amines) is 1. The van der Waals surface area contributed by atoms with E-state index in [1.54, 1.807) is 33.9 Å². The third kappa shape index (κ3) is 3.36. The smallest absolute Gasteiger partial charge is 0.317 e. The Labute approximate surface area is 186 Å². The molecular formula is C23H28N6O3. The van der Waals surface area contributed by atoms with Gasteiger partial charge < -0.3 is 15.1 Å². The number of urea groups is 1. The van der Waals surface area contributed by atoms with Crippen molar-refractivity contribution in [3.8, 4) is 0 Å². The topological polar surface area (TPSA) is 100 Å². The normalized spacial score (nSPS) is 21.7. The molecule has 1 N–H and O–H groups in total. The van der Waals surface area contributed by atoms with Crippen LogP contribution in [0.1, 0.15) is 54.3 Å². The van der Waals surface area contributed by atoms with Gasteiger partial charge in [-0.25, -0.2) is 9.78 Å². The van der Waals surface area contributed by atoms with Gasteiger partial charge in [0.2, 0.25) is 0 Å². The lowest BCUT2D eigenvalue weighted by atomic mass is 9.85. The Balaban J connectivity index is 1.41. The first-order valence-electron chi connectivity index (χ1n) is 11.3. The van der Waals surface area contributed by atoms with Crippen molar-refractivity contribution in [1.82, 2.24) is 29.7 Å². The van der Waals surface area contributed by atoms with Crippen molar-refractivity contribution in [2.75, 3.05) is 19.6 Å². The van der Waals surface area contributed by atoms with Crippen LogP contribution in [0.15, 0.2) is 29.2 Å². The second kappa shape index (κ2) is 7.72. The average molecular weight is 437 g/mol. The van der Waals surface area contributed by atoms with Crippen LogP contribution in [0.3, 0.4) is 0 Å². The molecule has 9 nitrogen and oxygen atoms in total. The number of rotatable bonds is 2. The summed E-state index contributed by atoms with van der Waals surface area (Å²) in [4.78, 5) is 51.4. The molecule has 32 heavy (non-hydrogen) atoms. The van der Waals surface area contributed by atoms with E-state index in [1.165, 1.54) is 0 Å². The molecule has 0 aliphatic carbocycles. The van der Waals surface area contributed by atoms with E-state index in [-0.39, 0.29) is 35.5 Å². The molecule has 1 atom stereocenters. The van der Waals surface area contributed by atoms with Gasteiger partial charge in [0.15, 0.2) is 0 Å². The standard InChI is InChI=1S/C23H28N6O3/c1-15(2)25-22(32)28-11-7-23(14-28)8-12-29-19(30)16-13-27(10-6-17(16)26-21(23)29)20(31)18-5-3-4-9-24-18/h3-5,9,15H,6-8,10-14H2,1-2H3,(H,25,32)/t23-/m0/s1. The van der Waals surface area contributed by atoms with Crippen LogP contribution in [0.2, 0.25) is 0 Å². The molecule has 2 aromatic rings. The molecule has 0 aromatic carbocycles. The summed E-state index contributed by atoms with van der Waals surface area (Å²) in [5, 5.41) is 2.96. The zero-order valence-electron chi connectivity index (χ0n) is 18.5. The first kappa shape index (κ1) is 20.7. The summed E-state index contributed by atoms with van der Waals surface area (Å²) in [6.07, 6.45) is 3.76. The summed E-state index contributed by atoms with van der Waals surface area (Å²) < 4.78 is 1.78. The van der Waals surface area contributed by atoms with Crippen molar-refractivity contribution in [3.63, 3.8) is 0 Å². The largest absolute Gasteiger partial charge is 0.336 e. The number of aromatic nitrogens is 3. The number of nitrogens with zero attached hydrogens (tertiary/aromatic N) is 5. The Morgan fingerprint density at radius 1 is 1.12 bits per heavy atom. The van der Waals surface area contributed by atoms with Crippen LogP contribution in [0.4, 0.5) is 4.79 Å². The van der Waals surface area contributed by atoms with E-state index in [0.29, 0.717) is 43.9 Å². The number of hydrogen-bond acceptors (Lipinski definition) is 5. The highest BCUT2D eigenvalue weighted by Gasteiger charge is 2.48. The van der Waals surface area contributed by atoms with E-state index >= 15 is 0 Å². The minimum absolute atomic E-state index is 0.0505. The van der Waals surface area contributed by atoms with Crippen LogP contribution in [-0.2, 0) is 24.9 Å². The summed E-state index contributed by atoms with van der Waals surface area (Å²) in [6, 6.07) is 5.27. The van der Waals surface area contributed by atoms with Crippen LogP contribution in [-0.4, -0.2) is 61.9 Å². The Hall–Kier alpha value is -3.23. The maximum Gasteiger partial charge on any atom is 0.317 e. The molecule has 3 aliphatic heterocycles.